The summed E-state index contributed by atoms with van der Waals surface area (Å²) in [6.07, 6.45) is -0.104. The molecular formula is C14H16N2O4. The molecule has 1 fully saturated rings. The van der Waals surface area contributed by atoms with Crippen LogP contribution in [0, 0.1) is 0 Å². The van der Waals surface area contributed by atoms with Crippen molar-refractivity contribution >= 4 is 22.6 Å². The lowest BCUT2D eigenvalue weighted by atomic mass is 10.2. The summed E-state index contributed by atoms with van der Waals surface area (Å²) in [7, 11) is 0. The molecule has 20 heavy (non-hydrogen) atoms. The van der Waals surface area contributed by atoms with Gasteiger partial charge in [-0.15, -0.1) is 0 Å². The largest absolute Gasteiger partial charge is 0.451 e. The first kappa shape index (κ1) is 13.0. The molecule has 1 atom stereocenters. The van der Waals surface area contributed by atoms with Gasteiger partial charge in [0.15, 0.2) is 5.76 Å². The summed E-state index contributed by atoms with van der Waals surface area (Å²) in [5, 5.41) is 3.59. The second-order valence-corrected chi connectivity index (χ2v) is 4.69. The van der Waals surface area contributed by atoms with E-state index < -0.39 is 0 Å². The Balaban J connectivity index is 1.65. The number of nitrogens with one attached hydrogen (secondary N) is 1. The highest BCUT2D eigenvalue weighted by atomic mass is 16.6. The predicted molar refractivity (Wildman–Crippen MR) is 73.5 cm³/mol. The van der Waals surface area contributed by atoms with E-state index in [2.05, 4.69) is 5.32 Å². The molecule has 0 bridgehead atoms. The number of nitrogens with two attached hydrogens (primary N) is 1. The summed E-state index contributed by atoms with van der Waals surface area (Å²) >= 11 is 0. The van der Waals surface area contributed by atoms with Crippen molar-refractivity contribution < 1.29 is 18.7 Å². The van der Waals surface area contributed by atoms with E-state index >= 15 is 0 Å². The van der Waals surface area contributed by atoms with Crippen LogP contribution in [-0.2, 0) is 9.47 Å². The highest BCUT2D eigenvalue weighted by Gasteiger charge is 2.17. The first-order valence-corrected chi connectivity index (χ1v) is 6.49. The predicted octanol–water partition coefficient (Wildman–Crippen LogP) is 1.16. The van der Waals surface area contributed by atoms with Gasteiger partial charge in [0.05, 0.1) is 25.9 Å². The molecule has 0 radical (unpaired) electrons. The van der Waals surface area contributed by atoms with Gasteiger partial charge in [-0.25, -0.2) is 0 Å². The average Bonchev–Trinajstić information content (AvgIpc) is 2.89. The smallest absolute Gasteiger partial charge is 0.287 e. The first-order valence-electron chi connectivity index (χ1n) is 6.49. The van der Waals surface area contributed by atoms with Crippen LogP contribution in [0.25, 0.3) is 11.0 Å². The van der Waals surface area contributed by atoms with Crippen LogP contribution in [0.2, 0.25) is 0 Å². The molecule has 1 amide bonds. The van der Waals surface area contributed by atoms with E-state index in [1.165, 1.54) is 0 Å². The van der Waals surface area contributed by atoms with Crippen molar-refractivity contribution in [2.45, 2.75) is 6.10 Å². The fraction of sp³-hybridized carbons (Fsp3) is 0.357. The van der Waals surface area contributed by atoms with Crippen LogP contribution >= 0.6 is 0 Å². The maximum absolute atomic E-state index is 12.0. The van der Waals surface area contributed by atoms with Crippen LogP contribution in [0.3, 0.4) is 0 Å². The van der Waals surface area contributed by atoms with E-state index in [4.69, 9.17) is 19.6 Å². The lowest BCUT2D eigenvalue weighted by Crippen LogP contribution is -2.39. The molecule has 1 aliphatic rings. The first-order chi connectivity index (χ1) is 9.72. The lowest BCUT2D eigenvalue weighted by Gasteiger charge is -2.22. The molecule has 1 saturated heterocycles. The third-order valence-electron chi connectivity index (χ3n) is 3.14. The zero-order chi connectivity index (χ0) is 13.9. The molecule has 3 N–H and O–H groups in total. The van der Waals surface area contributed by atoms with Crippen molar-refractivity contribution in [1.82, 2.24) is 5.32 Å². The number of furan rings is 1. The monoisotopic (exact) mass is 276 g/mol. The van der Waals surface area contributed by atoms with Gasteiger partial charge in [0, 0.05) is 17.6 Å². The maximum atomic E-state index is 12.0. The summed E-state index contributed by atoms with van der Waals surface area (Å²) in [5.41, 5.74) is 6.97. The number of hydrogen-bond acceptors (Lipinski definition) is 5. The minimum Gasteiger partial charge on any atom is -0.451 e. The quantitative estimate of drug-likeness (QED) is 0.821. The van der Waals surface area contributed by atoms with Crippen molar-refractivity contribution in [3.63, 3.8) is 0 Å². The molecule has 1 aromatic heterocycles. The lowest BCUT2D eigenvalue weighted by molar-refractivity contribution is -0.0856. The van der Waals surface area contributed by atoms with Crippen LogP contribution < -0.4 is 11.1 Å². The van der Waals surface area contributed by atoms with Gasteiger partial charge in [-0.3, -0.25) is 4.79 Å². The van der Waals surface area contributed by atoms with Gasteiger partial charge in [-0.2, -0.15) is 0 Å². The Morgan fingerprint density at radius 2 is 2.25 bits per heavy atom. The Labute approximate surface area is 115 Å². The third-order valence-corrected chi connectivity index (χ3v) is 3.14. The molecule has 6 nitrogen and oxygen atoms in total. The number of ether oxygens (including phenoxy) is 2. The van der Waals surface area contributed by atoms with Gasteiger partial charge in [-0.05, 0) is 24.3 Å². The zero-order valence-electron chi connectivity index (χ0n) is 10.9. The molecular weight excluding hydrogens is 260 g/mol. The average molecular weight is 276 g/mol. The molecule has 1 aromatic carbocycles. The number of fused-ring (bicyclic) bond motifs is 1. The Bertz CT molecular complexity index is 617. The van der Waals surface area contributed by atoms with Crippen molar-refractivity contribution in [3.05, 3.63) is 30.0 Å². The Hall–Kier alpha value is -2.05. The molecule has 2 aromatic rings. The topological polar surface area (TPSA) is 86.7 Å². The summed E-state index contributed by atoms with van der Waals surface area (Å²) in [6, 6.07) is 6.94. The SMILES string of the molecule is Nc1ccc2oc(C(=O)NCC3COCCO3)cc2c1. The van der Waals surface area contributed by atoms with Gasteiger partial charge >= 0.3 is 0 Å². The third kappa shape index (κ3) is 2.76. The Kier molecular flexibility index (Phi) is 3.58. The minimum absolute atomic E-state index is 0.104. The number of carbonyl (C=O) groups excluding carboxylic acids is 1. The highest BCUT2D eigenvalue weighted by Crippen LogP contribution is 2.21. The van der Waals surface area contributed by atoms with Crippen molar-refractivity contribution in [2.24, 2.45) is 0 Å². The summed E-state index contributed by atoms with van der Waals surface area (Å²) in [6.45, 7) is 2.06. The van der Waals surface area contributed by atoms with Gasteiger partial charge in [0.25, 0.3) is 5.91 Å². The molecule has 1 aliphatic heterocycles. The van der Waals surface area contributed by atoms with Gasteiger partial charge in [-0.1, -0.05) is 0 Å². The van der Waals surface area contributed by atoms with Crippen molar-refractivity contribution in [1.29, 1.82) is 0 Å². The van der Waals surface area contributed by atoms with Gasteiger partial charge < -0.3 is 24.9 Å². The number of nitrogen functional groups attached to an aromatic ring is 1. The van der Waals surface area contributed by atoms with Crippen LogP contribution in [0.5, 0.6) is 0 Å². The number of amides is 1. The number of benzene rings is 1. The van der Waals surface area contributed by atoms with Crippen LogP contribution in [-0.4, -0.2) is 38.4 Å². The summed E-state index contributed by atoms with van der Waals surface area (Å²) in [4.78, 5) is 12.0. The summed E-state index contributed by atoms with van der Waals surface area (Å²) in [5.74, 6) is -0.00345. The number of carbonyl (C=O) groups is 1. The fourth-order valence-corrected chi connectivity index (χ4v) is 2.12. The normalized spacial score (nSPS) is 19.1. The van der Waals surface area contributed by atoms with E-state index in [1.807, 2.05) is 0 Å². The maximum Gasteiger partial charge on any atom is 0.287 e. The second kappa shape index (κ2) is 5.52. The second-order valence-electron chi connectivity index (χ2n) is 4.69. The van der Waals surface area contributed by atoms with E-state index in [0.29, 0.717) is 37.6 Å². The van der Waals surface area contributed by atoms with Crippen LogP contribution in [0.1, 0.15) is 10.6 Å². The molecule has 2 heterocycles. The Morgan fingerprint density at radius 1 is 1.35 bits per heavy atom. The fourth-order valence-electron chi connectivity index (χ4n) is 2.12. The van der Waals surface area contributed by atoms with Gasteiger partial charge in [0.2, 0.25) is 0 Å². The Morgan fingerprint density at radius 3 is 3.05 bits per heavy atom. The molecule has 6 heteroatoms. The number of rotatable bonds is 3. The standard InChI is InChI=1S/C14H16N2O4/c15-10-1-2-12-9(5-10)6-13(20-12)14(17)16-7-11-8-18-3-4-19-11/h1-2,5-6,11H,3-4,7-8,15H2,(H,16,17). The zero-order valence-corrected chi connectivity index (χ0v) is 10.9. The molecule has 0 aliphatic carbocycles. The van der Waals surface area contributed by atoms with Crippen molar-refractivity contribution in [3.8, 4) is 0 Å². The van der Waals surface area contributed by atoms with E-state index in [0.717, 1.165) is 5.39 Å². The minimum atomic E-state index is -0.269. The van der Waals surface area contributed by atoms with Crippen LogP contribution in [0.15, 0.2) is 28.7 Å². The van der Waals surface area contributed by atoms with E-state index in [-0.39, 0.29) is 17.8 Å². The summed E-state index contributed by atoms with van der Waals surface area (Å²) < 4.78 is 16.2. The van der Waals surface area contributed by atoms with Gasteiger partial charge in [0.1, 0.15) is 5.58 Å². The van der Waals surface area contributed by atoms with Crippen LogP contribution in [0.4, 0.5) is 5.69 Å². The highest BCUT2D eigenvalue weighted by molar-refractivity contribution is 5.96. The number of hydrogen-bond donors (Lipinski definition) is 2. The van der Waals surface area contributed by atoms with E-state index in [1.54, 1.807) is 24.3 Å². The molecule has 106 valence electrons. The van der Waals surface area contributed by atoms with E-state index in [9.17, 15) is 4.79 Å². The number of anilines is 1. The molecule has 3 rings (SSSR count). The van der Waals surface area contributed by atoms with Crippen molar-refractivity contribution in [2.75, 3.05) is 32.1 Å². The molecule has 0 saturated carbocycles. The molecule has 0 spiro atoms. The molecule has 1 unspecified atom stereocenters.